The Morgan fingerprint density at radius 2 is 1.87 bits per heavy atom. The molecule has 3 rings (SSSR count). The summed E-state index contributed by atoms with van der Waals surface area (Å²) < 4.78 is 16.1. The maximum Gasteiger partial charge on any atom is 0.331 e. The van der Waals surface area contributed by atoms with Crippen LogP contribution in [0.25, 0.3) is 0 Å². The third kappa shape index (κ3) is 5.53. The number of esters is 2. The first kappa shape index (κ1) is 22.6. The number of allylic oxidation sites excluding steroid dienone is 1. The first-order valence-corrected chi connectivity index (χ1v) is 10.8. The van der Waals surface area contributed by atoms with Crippen LogP contribution in [0.2, 0.25) is 0 Å². The van der Waals surface area contributed by atoms with Gasteiger partial charge >= 0.3 is 11.9 Å². The lowest BCUT2D eigenvalue weighted by molar-refractivity contribution is -0.149. The number of carbonyl (C=O) groups excluding carboxylic acids is 2. The molecule has 0 aromatic heterocycles. The Morgan fingerprint density at radius 1 is 1.16 bits per heavy atom. The number of rotatable bonds is 8. The fraction of sp³-hybridized carbons (Fsp3) is 0.292. The van der Waals surface area contributed by atoms with Crippen molar-refractivity contribution in [3.05, 3.63) is 72.3 Å². The molecule has 0 radical (unpaired) electrons. The van der Waals surface area contributed by atoms with E-state index in [9.17, 15) is 14.9 Å². The van der Waals surface area contributed by atoms with Gasteiger partial charge in [-0.05, 0) is 51.5 Å². The molecule has 1 saturated carbocycles. The molecule has 0 unspecified atom stereocenters. The molecular formula is C24H22BrNO5. The van der Waals surface area contributed by atoms with Crippen molar-refractivity contribution in [3.8, 4) is 17.6 Å². The van der Waals surface area contributed by atoms with Crippen molar-refractivity contribution in [1.82, 2.24) is 0 Å². The first-order valence-electron chi connectivity index (χ1n) is 9.70. The molecule has 0 amide bonds. The number of nitriles is 1. The largest absolute Gasteiger partial charge is 0.457 e. The number of alkyl halides is 1. The number of hydrogen-bond acceptors (Lipinski definition) is 6. The highest BCUT2D eigenvalue weighted by Gasteiger charge is 2.61. The summed E-state index contributed by atoms with van der Waals surface area (Å²) in [6.45, 7) is 3.83. The Bertz CT molecular complexity index is 1010. The second-order valence-electron chi connectivity index (χ2n) is 7.69. The summed E-state index contributed by atoms with van der Waals surface area (Å²) in [5.41, 5.74) is 0.253. The predicted molar refractivity (Wildman–Crippen MR) is 117 cm³/mol. The Labute approximate surface area is 189 Å². The molecule has 31 heavy (non-hydrogen) atoms. The SMILES string of the molecule is CC1(C)[C@H](C(=O)O[C@H](C#N)c2cccc(Oc3ccccc3)c2)[C@@H]1/C=C\C(=O)OCBr. The fourth-order valence-electron chi connectivity index (χ4n) is 3.50. The number of benzene rings is 2. The summed E-state index contributed by atoms with van der Waals surface area (Å²) in [4.78, 5) is 24.3. The molecule has 2 aromatic carbocycles. The Balaban J connectivity index is 1.67. The van der Waals surface area contributed by atoms with Gasteiger partial charge in [0, 0.05) is 11.6 Å². The van der Waals surface area contributed by atoms with Gasteiger partial charge in [-0.25, -0.2) is 4.79 Å². The first-order chi connectivity index (χ1) is 14.9. The molecule has 160 valence electrons. The van der Waals surface area contributed by atoms with E-state index in [1.807, 2.05) is 50.2 Å². The van der Waals surface area contributed by atoms with Gasteiger partial charge in [-0.1, -0.05) is 50.3 Å². The highest BCUT2D eigenvalue weighted by Crippen LogP contribution is 2.59. The van der Waals surface area contributed by atoms with Crippen molar-refractivity contribution < 1.29 is 23.8 Å². The van der Waals surface area contributed by atoms with Gasteiger partial charge in [0.25, 0.3) is 0 Å². The van der Waals surface area contributed by atoms with E-state index in [0.717, 1.165) is 0 Å². The van der Waals surface area contributed by atoms with Crippen LogP contribution in [0.4, 0.5) is 0 Å². The molecule has 3 atom stereocenters. The Hall–Kier alpha value is -3.11. The minimum Gasteiger partial charge on any atom is -0.457 e. The fourth-order valence-corrected chi connectivity index (χ4v) is 3.72. The van der Waals surface area contributed by atoms with Gasteiger partial charge in [0.05, 0.1) is 5.92 Å². The standard InChI is InChI=1S/C24H22BrNO5/c1-24(2)19(11-12-21(27)29-15-25)22(24)23(28)31-20(14-26)16-7-6-10-18(13-16)30-17-8-4-3-5-9-17/h3-13,19-20,22H,15H2,1-2H3/b12-11-/t19-,20+,22-/m0/s1. The lowest BCUT2D eigenvalue weighted by atomic mass is 10.1. The topological polar surface area (TPSA) is 85.6 Å². The minimum atomic E-state index is -1.06. The van der Waals surface area contributed by atoms with Crippen molar-refractivity contribution in [3.63, 3.8) is 0 Å². The molecule has 1 aliphatic rings. The molecular weight excluding hydrogens is 462 g/mol. The molecule has 0 saturated heterocycles. The van der Waals surface area contributed by atoms with E-state index in [4.69, 9.17) is 14.2 Å². The van der Waals surface area contributed by atoms with Crippen LogP contribution in [0.3, 0.4) is 0 Å². The van der Waals surface area contributed by atoms with Crippen molar-refractivity contribution in [1.29, 1.82) is 5.26 Å². The second-order valence-corrected chi connectivity index (χ2v) is 8.15. The normalized spacial score (nSPS) is 19.8. The van der Waals surface area contributed by atoms with Crippen LogP contribution >= 0.6 is 15.9 Å². The maximum absolute atomic E-state index is 12.8. The Morgan fingerprint density at radius 3 is 2.55 bits per heavy atom. The zero-order valence-electron chi connectivity index (χ0n) is 17.2. The summed E-state index contributed by atoms with van der Waals surface area (Å²) in [5, 5.41) is 9.59. The highest BCUT2D eigenvalue weighted by molar-refractivity contribution is 9.09. The zero-order valence-corrected chi connectivity index (χ0v) is 18.7. The van der Waals surface area contributed by atoms with Crippen LogP contribution in [-0.4, -0.2) is 17.5 Å². The predicted octanol–water partition coefficient (Wildman–Crippen LogP) is 5.31. The number of para-hydroxylation sites is 1. The van der Waals surface area contributed by atoms with E-state index in [2.05, 4.69) is 15.9 Å². The van der Waals surface area contributed by atoms with Crippen LogP contribution in [0.1, 0.15) is 25.5 Å². The summed E-state index contributed by atoms with van der Waals surface area (Å²) >= 11 is 3.02. The van der Waals surface area contributed by atoms with Crippen LogP contribution in [-0.2, 0) is 19.1 Å². The molecule has 0 bridgehead atoms. The van der Waals surface area contributed by atoms with Crippen LogP contribution < -0.4 is 4.74 Å². The lowest BCUT2D eigenvalue weighted by Crippen LogP contribution is -2.14. The van der Waals surface area contributed by atoms with Crippen LogP contribution in [0.15, 0.2) is 66.7 Å². The van der Waals surface area contributed by atoms with Crippen molar-refractivity contribution in [2.24, 2.45) is 17.3 Å². The van der Waals surface area contributed by atoms with Gasteiger partial charge in [0.1, 0.15) is 23.1 Å². The van der Waals surface area contributed by atoms with E-state index >= 15 is 0 Å². The van der Waals surface area contributed by atoms with E-state index in [1.165, 1.54) is 6.08 Å². The van der Waals surface area contributed by atoms with Crippen molar-refractivity contribution in [2.45, 2.75) is 20.0 Å². The molecule has 6 nitrogen and oxygen atoms in total. The van der Waals surface area contributed by atoms with E-state index in [1.54, 1.807) is 30.3 Å². The van der Waals surface area contributed by atoms with Crippen LogP contribution in [0, 0.1) is 28.6 Å². The third-order valence-electron chi connectivity index (χ3n) is 5.29. The lowest BCUT2D eigenvalue weighted by Gasteiger charge is -2.13. The van der Waals surface area contributed by atoms with E-state index in [-0.39, 0.29) is 16.8 Å². The summed E-state index contributed by atoms with van der Waals surface area (Å²) in [6, 6.07) is 18.2. The molecule has 0 N–H and O–H groups in total. The summed E-state index contributed by atoms with van der Waals surface area (Å²) in [6.07, 6.45) is 1.91. The monoisotopic (exact) mass is 483 g/mol. The van der Waals surface area contributed by atoms with E-state index < -0.39 is 24.0 Å². The van der Waals surface area contributed by atoms with Crippen molar-refractivity contribution in [2.75, 3.05) is 5.52 Å². The van der Waals surface area contributed by atoms with Gasteiger partial charge in [-0.3, -0.25) is 4.79 Å². The molecule has 0 heterocycles. The molecule has 1 aliphatic carbocycles. The molecule has 0 aliphatic heterocycles. The summed E-state index contributed by atoms with van der Waals surface area (Å²) in [5.74, 6) is -0.378. The third-order valence-corrected chi connectivity index (χ3v) is 5.52. The average Bonchev–Trinajstić information content (AvgIpc) is 3.32. The zero-order chi connectivity index (χ0) is 22.4. The number of nitrogens with zero attached hydrogens (tertiary/aromatic N) is 1. The van der Waals surface area contributed by atoms with Crippen LogP contribution in [0.5, 0.6) is 11.5 Å². The molecule has 0 spiro atoms. The number of ether oxygens (including phenoxy) is 3. The average molecular weight is 484 g/mol. The number of hydrogen-bond donors (Lipinski definition) is 0. The Kier molecular flexibility index (Phi) is 7.13. The number of halogens is 1. The molecule has 2 aromatic rings. The maximum atomic E-state index is 12.8. The minimum absolute atomic E-state index is 0.104. The van der Waals surface area contributed by atoms with Gasteiger partial charge in [-0.15, -0.1) is 0 Å². The van der Waals surface area contributed by atoms with Gasteiger partial charge in [0.2, 0.25) is 6.10 Å². The summed E-state index contributed by atoms with van der Waals surface area (Å²) in [7, 11) is 0. The molecule has 7 heteroatoms. The van der Waals surface area contributed by atoms with Gasteiger partial charge < -0.3 is 14.2 Å². The highest BCUT2D eigenvalue weighted by atomic mass is 79.9. The van der Waals surface area contributed by atoms with Gasteiger partial charge in [0.15, 0.2) is 0 Å². The quantitative estimate of drug-likeness (QED) is 0.287. The number of carbonyl (C=O) groups is 2. The van der Waals surface area contributed by atoms with Crippen molar-refractivity contribution >= 4 is 27.9 Å². The van der Waals surface area contributed by atoms with Gasteiger partial charge in [-0.2, -0.15) is 5.26 Å². The van der Waals surface area contributed by atoms with E-state index in [0.29, 0.717) is 17.1 Å². The second kappa shape index (κ2) is 9.80. The smallest absolute Gasteiger partial charge is 0.331 e. The molecule has 1 fully saturated rings.